The van der Waals surface area contributed by atoms with Gasteiger partial charge in [-0.1, -0.05) is 60.7 Å². The van der Waals surface area contributed by atoms with Crippen LogP contribution < -0.4 is 10.6 Å². The molecule has 2 unspecified atom stereocenters. The number of benzene rings is 2. The van der Waals surface area contributed by atoms with Gasteiger partial charge in [-0.05, 0) is 0 Å². The maximum absolute atomic E-state index is 15.8. The fraction of sp³-hybridized carbons (Fsp3) is 0.333. The average molecular weight is 464 g/mol. The van der Waals surface area contributed by atoms with Gasteiger partial charge >= 0.3 is 23.7 Å². The summed E-state index contributed by atoms with van der Waals surface area (Å²) in [4.78, 5) is 0. The monoisotopic (exact) mass is 464 g/mol. The Hall–Kier alpha value is -2.03. The summed E-state index contributed by atoms with van der Waals surface area (Å²) in [6, 6.07) is 8.99. The molecule has 12 heteroatoms. The Balaban J connectivity index is 2.48. The molecule has 0 N–H and O–H groups in total. The lowest BCUT2D eigenvalue weighted by atomic mass is 9.82. The molecule has 0 aliphatic heterocycles. The van der Waals surface area contributed by atoms with Crippen LogP contribution in [0.4, 0.5) is 43.9 Å². The van der Waals surface area contributed by atoms with Crippen molar-refractivity contribution in [2.75, 3.05) is 0 Å². The van der Waals surface area contributed by atoms with Crippen molar-refractivity contribution < 1.29 is 48.5 Å². The fourth-order valence-corrected chi connectivity index (χ4v) is 6.59. The largest absolute Gasteiger partial charge is 0.382 e. The molecule has 2 aromatic carbocycles. The van der Waals surface area contributed by atoms with Crippen molar-refractivity contribution in [2.24, 2.45) is 0 Å². The summed E-state index contributed by atoms with van der Waals surface area (Å²) in [5.41, 5.74) is 0. The van der Waals surface area contributed by atoms with Gasteiger partial charge in [0.15, 0.2) is 7.14 Å². The predicted octanol–water partition coefficient (Wildman–Crippen LogP) is 5.56. The molecule has 1 nitrogen and oxygen atoms in total. The maximum Gasteiger partial charge on any atom is 0.382 e. The summed E-state index contributed by atoms with van der Waals surface area (Å²) in [5.74, 6) is -27.4. The highest BCUT2D eigenvalue weighted by molar-refractivity contribution is 7.80. The third kappa shape index (κ3) is 2.35. The molecule has 0 bridgehead atoms. The van der Waals surface area contributed by atoms with Crippen LogP contribution >= 0.6 is 7.14 Å². The number of alkyl halides is 10. The third-order valence-corrected chi connectivity index (χ3v) is 8.47. The van der Waals surface area contributed by atoms with Crippen LogP contribution in [0.3, 0.4) is 0 Å². The molecule has 0 amide bonds. The smallest absolute Gasteiger partial charge is 0.310 e. The molecule has 30 heavy (non-hydrogen) atoms. The van der Waals surface area contributed by atoms with Gasteiger partial charge in [-0.15, -0.1) is 0 Å². The van der Waals surface area contributed by atoms with E-state index in [-0.39, 0.29) is 0 Å². The normalized spacial score (nSPS) is 29.3. The van der Waals surface area contributed by atoms with Gasteiger partial charge in [0.2, 0.25) is 6.17 Å². The Labute approximate surface area is 163 Å². The van der Waals surface area contributed by atoms with E-state index in [4.69, 9.17) is 0 Å². The van der Waals surface area contributed by atoms with Crippen LogP contribution in [0.2, 0.25) is 0 Å². The zero-order chi connectivity index (χ0) is 22.8. The molecule has 1 fully saturated rings. The van der Waals surface area contributed by atoms with Crippen molar-refractivity contribution >= 4 is 17.8 Å². The first-order valence-electron chi connectivity index (χ1n) is 8.17. The molecule has 2 atom stereocenters. The van der Waals surface area contributed by atoms with E-state index in [1.165, 1.54) is 12.1 Å². The zero-order valence-electron chi connectivity index (χ0n) is 14.5. The Morgan fingerprint density at radius 3 is 1.33 bits per heavy atom. The van der Waals surface area contributed by atoms with Crippen molar-refractivity contribution in [3.05, 3.63) is 60.7 Å². The molecule has 0 saturated heterocycles. The van der Waals surface area contributed by atoms with Crippen molar-refractivity contribution in [3.63, 3.8) is 0 Å². The number of hydrogen-bond donors (Lipinski definition) is 0. The van der Waals surface area contributed by atoms with Gasteiger partial charge in [-0.2, -0.15) is 35.1 Å². The molecule has 0 aromatic heterocycles. The molecule has 0 heterocycles. The summed E-state index contributed by atoms with van der Waals surface area (Å²) in [5, 5.41) is -7.96. The number of hydrogen-bond acceptors (Lipinski definition) is 1. The van der Waals surface area contributed by atoms with E-state index in [0.717, 1.165) is 24.3 Å². The van der Waals surface area contributed by atoms with Gasteiger partial charge < -0.3 is 4.57 Å². The molecule has 0 radical (unpaired) electrons. The Morgan fingerprint density at radius 2 is 0.967 bits per heavy atom. The lowest BCUT2D eigenvalue weighted by Gasteiger charge is -2.52. The van der Waals surface area contributed by atoms with Crippen LogP contribution in [0.5, 0.6) is 0 Å². The van der Waals surface area contributed by atoms with Crippen LogP contribution in [0.15, 0.2) is 60.7 Å². The van der Waals surface area contributed by atoms with Gasteiger partial charge in [0.05, 0.1) is 0 Å². The van der Waals surface area contributed by atoms with Gasteiger partial charge in [0.1, 0.15) is 0 Å². The van der Waals surface area contributed by atoms with Crippen LogP contribution in [0.1, 0.15) is 0 Å². The molecule has 2 aromatic rings. The molecule has 1 aliphatic rings. The van der Waals surface area contributed by atoms with Crippen molar-refractivity contribution in [1.29, 1.82) is 0 Å². The number of halogens is 10. The van der Waals surface area contributed by atoms with Gasteiger partial charge in [0.25, 0.3) is 5.41 Å². The fourth-order valence-electron chi connectivity index (χ4n) is 3.34. The highest BCUT2D eigenvalue weighted by atomic mass is 31.2. The van der Waals surface area contributed by atoms with E-state index >= 15 is 4.39 Å². The van der Waals surface area contributed by atoms with E-state index in [2.05, 4.69) is 0 Å². The van der Waals surface area contributed by atoms with Gasteiger partial charge in [-0.25, -0.2) is 8.78 Å². The van der Waals surface area contributed by atoms with Crippen LogP contribution in [0.25, 0.3) is 0 Å². The van der Waals surface area contributed by atoms with E-state index in [1.807, 2.05) is 0 Å². The van der Waals surface area contributed by atoms with Gasteiger partial charge in [0, 0.05) is 10.6 Å². The lowest BCUT2D eigenvalue weighted by Crippen LogP contribution is -2.80. The second kappa shape index (κ2) is 6.48. The summed E-state index contributed by atoms with van der Waals surface area (Å²) in [6.07, 6.45) is -5.24. The SMILES string of the molecule is O=P(c1ccccc1)(c1ccccc1)C1(F)C(F)C(F)(F)C(F)(F)C(F)(F)C1(F)F. The average Bonchev–Trinajstić information content (AvgIpc) is 2.71. The molecule has 164 valence electrons. The standard InChI is InChI=1S/C18H11F10OP/c19-13-14(20,21)16(23,24)18(27,28)17(25,26)15(13,22)30(29,11-7-3-1-4-8-11)12-9-5-2-6-10-12/h1-10,13H. The van der Waals surface area contributed by atoms with E-state index in [0.29, 0.717) is 24.3 Å². The summed E-state index contributed by atoms with van der Waals surface area (Å²) < 4.78 is 156. The second-order valence-corrected chi connectivity index (χ2v) is 9.56. The summed E-state index contributed by atoms with van der Waals surface area (Å²) in [7, 11) is -6.09. The highest BCUT2D eigenvalue weighted by Crippen LogP contribution is 2.75. The van der Waals surface area contributed by atoms with Crippen LogP contribution in [0, 0.1) is 0 Å². The first-order valence-corrected chi connectivity index (χ1v) is 9.88. The van der Waals surface area contributed by atoms with Crippen molar-refractivity contribution in [2.45, 2.75) is 35.3 Å². The number of rotatable bonds is 3. The first-order chi connectivity index (χ1) is 13.6. The molecule has 3 rings (SSSR count). The molecular formula is C18H11F10OP. The topological polar surface area (TPSA) is 17.1 Å². The minimum Gasteiger partial charge on any atom is -0.310 e. The van der Waals surface area contributed by atoms with E-state index < -0.39 is 53.0 Å². The van der Waals surface area contributed by atoms with Crippen LogP contribution in [-0.4, -0.2) is 35.3 Å². The maximum atomic E-state index is 15.8. The van der Waals surface area contributed by atoms with E-state index in [1.54, 1.807) is 0 Å². The first kappa shape index (κ1) is 22.7. The molecule has 1 aliphatic carbocycles. The third-order valence-electron chi connectivity index (χ3n) is 5.00. The van der Waals surface area contributed by atoms with Crippen molar-refractivity contribution in [1.82, 2.24) is 0 Å². The van der Waals surface area contributed by atoms with Crippen molar-refractivity contribution in [3.8, 4) is 0 Å². The van der Waals surface area contributed by atoms with Crippen LogP contribution in [-0.2, 0) is 4.57 Å². The molecule has 0 spiro atoms. The summed E-state index contributed by atoms with van der Waals surface area (Å²) >= 11 is 0. The van der Waals surface area contributed by atoms with Gasteiger partial charge in [-0.3, -0.25) is 0 Å². The minimum absolute atomic E-state index is 0.668. The zero-order valence-corrected chi connectivity index (χ0v) is 15.4. The lowest BCUT2D eigenvalue weighted by molar-refractivity contribution is -0.429. The Kier molecular flexibility index (Phi) is 4.89. The van der Waals surface area contributed by atoms with E-state index in [9.17, 15) is 44.1 Å². The molecule has 1 saturated carbocycles. The molecular weight excluding hydrogens is 453 g/mol. The highest BCUT2D eigenvalue weighted by Gasteiger charge is 2.97. The predicted molar refractivity (Wildman–Crippen MR) is 88.3 cm³/mol. The Morgan fingerprint density at radius 1 is 0.600 bits per heavy atom. The quantitative estimate of drug-likeness (QED) is 0.430. The summed E-state index contributed by atoms with van der Waals surface area (Å²) in [6.45, 7) is 0. The second-order valence-electron chi connectivity index (χ2n) is 6.66. The minimum atomic E-state index is -7.07. The Bertz CT molecular complexity index is 935.